The summed E-state index contributed by atoms with van der Waals surface area (Å²) in [6.45, 7) is 0. The van der Waals surface area contributed by atoms with Gasteiger partial charge in [-0.25, -0.2) is 4.39 Å². The minimum Gasteiger partial charge on any atom is -0.454 e. The number of anilines is 1. The van der Waals surface area contributed by atoms with Crippen LogP contribution in [-0.2, 0) is 0 Å². The highest BCUT2D eigenvalue weighted by atomic mass is 35.5. The lowest BCUT2D eigenvalue weighted by Crippen LogP contribution is -1.95. The molecule has 0 aromatic heterocycles. The van der Waals surface area contributed by atoms with Crippen molar-refractivity contribution >= 4 is 17.3 Å². The van der Waals surface area contributed by atoms with Crippen LogP contribution in [0, 0.1) is 5.82 Å². The van der Waals surface area contributed by atoms with Crippen molar-refractivity contribution in [2.24, 2.45) is 0 Å². The second-order valence-electron chi connectivity index (χ2n) is 3.18. The molecule has 0 saturated carbocycles. The first-order valence-electron chi connectivity index (χ1n) is 4.65. The summed E-state index contributed by atoms with van der Waals surface area (Å²) < 4.78 is 18.6. The molecule has 2 aromatic carbocycles. The van der Waals surface area contributed by atoms with Crippen LogP contribution < -0.4 is 10.5 Å². The Morgan fingerprint density at radius 3 is 2.44 bits per heavy atom. The van der Waals surface area contributed by atoms with Gasteiger partial charge in [-0.15, -0.1) is 0 Å². The normalized spacial score (nSPS) is 10.1. The Balaban J connectivity index is 2.35. The molecule has 16 heavy (non-hydrogen) atoms. The summed E-state index contributed by atoms with van der Waals surface area (Å²) in [5.74, 6) is 0.194. The molecule has 0 radical (unpaired) electrons. The van der Waals surface area contributed by atoms with Crippen molar-refractivity contribution in [2.45, 2.75) is 0 Å². The van der Waals surface area contributed by atoms with Crippen LogP contribution in [0.25, 0.3) is 0 Å². The second-order valence-corrected chi connectivity index (χ2v) is 3.59. The van der Waals surface area contributed by atoms with E-state index in [1.807, 2.05) is 0 Å². The highest BCUT2D eigenvalue weighted by Crippen LogP contribution is 2.32. The fourth-order valence-corrected chi connectivity index (χ4v) is 1.43. The number of nitrogen functional groups attached to an aromatic ring is 1. The van der Waals surface area contributed by atoms with Crippen LogP contribution in [-0.4, -0.2) is 0 Å². The maximum absolute atomic E-state index is 13.1. The summed E-state index contributed by atoms with van der Waals surface area (Å²) in [5, 5.41) is 0.450. The summed E-state index contributed by atoms with van der Waals surface area (Å²) in [6, 6.07) is 11.3. The molecule has 82 valence electrons. The number of hydrogen-bond acceptors (Lipinski definition) is 2. The van der Waals surface area contributed by atoms with E-state index in [1.165, 1.54) is 12.1 Å². The van der Waals surface area contributed by atoms with Crippen molar-refractivity contribution in [3.8, 4) is 11.5 Å². The maximum atomic E-state index is 13.1. The Morgan fingerprint density at radius 2 is 1.69 bits per heavy atom. The lowest BCUT2D eigenvalue weighted by molar-refractivity contribution is 0.480. The van der Waals surface area contributed by atoms with Crippen LogP contribution in [0.15, 0.2) is 42.5 Å². The fraction of sp³-hybridized carbons (Fsp3) is 0. The van der Waals surface area contributed by atoms with Crippen molar-refractivity contribution in [3.05, 3.63) is 53.3 Å². The van der Waals surface area contributed by atoms with Gasteiger partial charge in [0, 0.05) is 0 Å². The molecule has 0 atom stereocenters. The third kappa shape index (κ3) is 2.09. The quantitative estimate of drug-likeness (QED) is 0.805. The monoisotopic (exact) mass is 237 g/mol. The number of rotatable bonds is 2. The molecule has 2 N–H and O–H groups in total. The zero-order valence-electron chi connectivity index (χ0n) is 8.28. The topological polar surface area (TPSA) is 35.2 Å². The molecule has 0 bridgehead atoms. The number of nitrogens with two attached hydrogens (primary N) is 1. The standard InChI is InChI=1S/C12H9ClFNO/c13-8-4-1-2-6-10(8)16-11-7-3-5-9(14)12(11)15/h1-7H,15H2. The predicted molar refractivity (Wildman–Crippen MR) is 62.3 cm³/mol. The molecular weight excluding hydrogens is 229 g/mol. The Bertz CT molecular complexity index is 516. The predicted octanol–water partition coefficient (Wildman–Crippen LogP) is 3.85. The highest BCUT2D eigenvalue weighted by molar-refractivity contribution is 6.32. The number of benzene rings is 2. The summed E-state index contributed by atoms with van der Waals surface area (Å²) in [4.78, 5) is 0. The average Bonchev–Trinajstić information content (AvgIpc) is 2.28. The van der Waals surface area contributed by atoms with E-state index in [2.05, 4.69) is 0 Å². The van der Waals surface area contributed by atoms with Gasteiger partial charge < -0.3 is 10.5 Å². The molecule has 0 spiro atoms. The van der Waals surface area contributed by atoms with E-state index in [-0.39, 0.29) is 11.4 Å². The van der Waals surface area contributed by atoms with E-state index < -0.39 is 5.82 Å². The fourth-order valence-electron chi connectivity index (χ4n) is 1.25. The highest BCUT2D eigenvalue weighted by Gasteiger charge is 2.08. The van der Waals surface area contributed by atoms with E-state index >= 15 is 0 Å². The summed E-state index contributed by atoms with van der Waals surface area (Å²) in [7, 11) is 0. The van der Waals surface area contributed by atoms with Crippen LogP contribution in [0.5, 0.6) is 11.5 Å². The van der Waals surface area contributed by atoms with Gasteiger partial charge in [-0.1, -0.05) is 29.8 Å². The molecular formula is C12H9ClFNO. The third-order valence-electron chi connectivity index (χ3n) is 2.07. The van der Waals surface area contributed by atoms with Crippen LogP contribution in [0.4, 0.5) is 10.1 Å². The van der Waals surface area contributed by atoms with Crippen molar-refractivity contribution in [1.82, 2.24) is 0 Å². The molecule has 0 unspecified atom stereocenters. The largest absolute Gasteiger partial charge is 0.454 e. The molecule has 0 heterocycles. The molecule has 2 aromatic rings. The van der Waals surface area contributed by atoms with E-state index in [9.17, 15) is 4.39 Å². The van der Waals surface area contributed by atoms with Crippen LogP contribution >= 0.6 is 11.6 Å². The van der Waals surface area contributed by atoms with Gasteiger partial charge in [-0.05, 0) is 24.3 Å². The van der Waals surface area contributed by atoms with E-state index in [0.717, 1.165) is 0 Å². The molecule has 0 saturated heterocycles. The Kier molecular flexibility index (Phi) is 2.97. The van der Waals surface area contributed by atoms with Crippen LogP contribution in [0.3, 0.4) is 0 Å². The number of ether oxygens (including phenoxy) is 1. The Labute approximate surface area is 97.4 Å². The van der Waals surface area contributed by atoms with Gasteiger partial charge in [-0.3, -0.25) is 0 Å². The van der Waals surface area contributed by atoms with Crippen molar-refractivity contribution < 1.29 is 9.13 Å². The lowest BCUT2D eigenvalue weighted by atomic mass is 10.3. The van der Waals surface area contributed by atoms with Crippen molar-refractivity contribution in [1.29, 1.82) is 0 Å². The SMILES string of the molecule is Nc1c(F)cccc1Oc1ccccc1Cl. The summed E-state index contributed by atoms with van der Waals surface area (Å²) in [5.41, 5.74) is 5.51. The van der Waals surface area contributed by atoms with Gasteiger partial charge in [0.25, 0.3) is 0 Å². The van der Waals surface area contributed by atoms with Gasteiger partial charge in [0.2, 0.25) is 0 Å². The van der Waals surface area contributed by atoms with Crippen molar-refractivity contribution in [3.63, 3.8) is 0 Å². The van der Waals surface area contributed by atoms with Crippen LogP contribution in [0.1, 0.15) is 0 Å². The maximum Gasteiger partial charge on any atom is 0.153 e. The number of hydrogen-bond donors (Lipinski definition) is 1. The molecule has 0 aliphatic rings. The van der Waals surface area contributed by atoms with Gasteiger partial charge in [0.1, 0.15) is 17.3 Å². The molecule has 0 aliphatic carbocycles. The number of halogens is 2. The first-order valence-corrected chi connectivity index (χ1v) is 5.02. The summed E-state index contributed by atoms with van der Waals surface area (Å²) in [6.07, 6.45) is 0. The van der Waals surface area contributed by atoms with E-state index in [1.54, 1.807) is 30.3 Å². The number of para-hydroxylation sites is 2. The van der Waals surface area contributed by atoms with E-state index in [0.29, 0.717) is 10.8 Å². The average molecular weight is 238 g/mol. The molecule has 2 rings (SSSR count). The molecule has 4 heteroatoms. The van der Waals surface area contributed by atoms with Gasteiger partial charge in [0.05, 0.1) is 5.02 Å². The van der Waals surface area contributed by atoms with Crippen molar-refractivity contribution in [2.75, 3.05) is 5.73 Å². The van der Waals surface area contributed by atoms with Gasteiger partial charge >= 0.3 is 0 Å². The molecule has 0 fully saturated rings. The molecule has 0 amide bonds. The lowest BCUT2D eigenvalue weighted by Gasteiger charge is -2.09. The summed E-state index contributed by atoms with van der Waals surface area (Å²) >= 11 is 5.91. The molecule has 0 aliphatic heterocycles. The van der Waals surface area contributed by atoms with Gasteiger partial charge in [-0.2, -0.15) is 0 Å². The van der Waals surface area contributed by atoms with E-state index in [4.69, 9.17) is 22.1 Å². The first-order chi connectivity index (χ1) is 7.68. The zero-order valence-corrected chi connectivity index (χ0v) is 9.04. The zero-order chi connectivity index (χ0) is 11.5. The molecule has 2 nitrogen and oxygen atoms in total. The second kappa shape index (κ2) is 4.41. The Hall–Kier alpha value is -1.74. The van der Waals surface area contributed by atoms with Crippen LogP contribution in [0.2, 0.25) is 5.02 Å². The third-order valence-corrected chi connectivity index (χ3v) is 2.38. The minimum atomic E-state index is -0.510. The van der Waals surface area contributed by atoms with Gasteiger partial charge in [0.15, 0.2) is 5.75 Å². The smallest absolute Gasteiger partial charge is 0.153 e. The minimum absolute atomic E-state index is 0.0255. The Morgan fingerprint density at radius 1 is 1.00 bits per heavy atom. The first kappa shape index (κ1) is 10.8.